The first-order chi connectivity index (χ1) is 18.8. The highest BCUT2D eigenvalue weighted by Crippen LogP contribution is 2.44. The Hall–Kier alpha value is -4.50. The number of hydrogen-bond donors (Lipinski definition) is 2. The molecule has 1 amide bonds. The van der Waals surface area contributed by atoms with Crippen LogP contribution in [-0.2, 0) is 9.53 Å². The lowest BCUT2D eigenvalue weighted by molar-refractivity contribution is -0.114. The van der Waals surface area contributed by atoms with Crippen molar-refractivity contribution in [1.29, 1.82) is 0 Å². The van der Waals surface area contributed by atoms with Crippen LogP contribution < -0.4 is 15.5 Å². The summed E-state index contributed by atoms with van der Waals surface area (Å²) in [5.41, 5.74) is 7.14. The van der Waals surface area contributed by atoms with E-state index in [1.54, 1.807) is 18.3 Å². The van der Waals surface area contributed by atoms with Crippen LogP contribution in [0.15, 0.2) is 79.0 Å². The van der Waals surface area contributed by atoms with Gasteiger partial charge in [-0.2, -0.15) is 0 Å². The van der Waals surface area contributed by atoms with Crippen molar-refractivity contribution in [3.63, 3.8) is 0 Å². The number of carbonyl (C=O) groups excluding carboxylic acids is 2. The number of rotatable bonds is 6. The molecule has 2 atom stereocenters. The van der Waals surface area contributed by atoms with Gasteiger partial charge in [-0.15, -0.1) is 0 Å². The minimum Gasteiger partial charge on any atom is -0.465 e. The fourth-order valence-electron chi connectivity index (χ4n) is 5.21. The van der Waals surface area contributed by atoms with Gasteiger partial charge in [0.25, 0.3) is 0 Å². The van der Waals surface area contributed by atoms with E-state index in [-0.39, 0.29) is 24.0 Å². The van der Waals surface area contributed by atoms with Gasteiger partial charge in [0.15, 0.2) is 5.11 Å². The van der Waals surface area contributed by atoms with Crippen LogP contribution in [-0.4, -0.2) is 33.6 Å². The van der Waals surface area contributed by atoms with Gasteiger partial charge in [0.05, 0.1) is 30.5 Å². The Kier molecular flexibility index (Phi) is 7.17. The number of methoxy groups -OCH3 is 1. The van der Waals surface area contributed by atoms with Crippen LogP contribution in [0, 0.1) is 13.8 Å². The molecule has 2 aromatic heterocycles. The van der Waals surface area contributed by atoms with Crippen molar-refractivity contribution in [2.75, 3.05) is 17.3 Å². The first-order valence-corrected chi connectivity index (χ1v) is 12.9. The molecule has 2 N–H and O–H groups in total. The Morgan fingerprint density at radius 2 is 1.69 bits per heavy atom. The Morgan fingerprint density at radius 3 is 2.31 bits per heavy atom. The third-order valence-electron chi connectivity index (χ3n) is 6.90. The van der Waals surface area contributed by atoms with E-state index < -0.39 is 0 Å². The zero-order valence-electron chi connectivity index (χ0n) is 22.1. The van der Waals surface area contributed by atoms with Crippen molar-refractivity contribution >= 4 is 40.6 Å². The maximum atomic E-state index is 11.9. The van der Waals surface area contributed by atoms with Gasteiger partial charge in [0.2, 0.25) is 5.91 Å². The van der Waals surface area contributed by atoms with Crippen LogP contribution in [0.1, 0.15) is 52.0 Å². The molecule has 8 nitrogen and oxygen atoms in total. The molecule has 0 radical (unpaired) electrons. The molecule has 1 aliphatic heterocycles. The largest absolute Gasteiger partial charge is 0.465 e. The molecule has 5 rings (SSSR count). The number of esters is 1. The van der Waals surface area contributed by atoms with Crippen LogP contribution in [0.4, 0.5) is 11.4 Å². The fourth-order valence-corrected chi connectivity index (χ4v) is 5.55. The molecule has 0 saturated carbocycles. The second-order valence-corrected chi connectivity index (χ2v) is 9.81. The lowest BCUT2D eigenvalue weighted by Crippen LogP contribution is -2.29. The number of thiocarbonyl (C=S) groups is 1. The summed E-state index contributed by atoms with van der Waals surface area (Å²) in [5.74, 6) is -0.492. The second kappa shape index (κ2) is 10.7. The molecule has 1 fully saturated rings. The van der Waals surface area contributed by atoms with E-state index in [0.717, 1.165) is 39.7 Å². The lowest BCUT2D eigenvalue weighted by Gasteiger charge is -2.28. The number of amides is 1. The zero-order chi connectivity index (χ0) is 27.7. The average molecular weight is 540 g/mol. The van der Waals surface area contributed by atoms with Gasteiger partial charge in [-0.1, -0.05) is 6.07 Å². The highest BCUT2D eigenvalue weighted by molar-refractivity contribution is 7.80. The van der Waals surface area contributed by atoms with Crippen LogP contribution in [0.3, 0.4) is 0 Å². The SMILES string of the molecule is COC(=O)c1ccc(-n2c(C)cc([C@H]3[C@@H](c4ccccn4)NC(=S)N3c3ccc(NC(C)=O)cc3)c2C)cc1. The standard InChI is InChI=1S/C30H29N5O3S/c1-18-17-25(19(2)34(18)23-12-8-21(9-13-23)29(37)38-4)28-27(26-7-5-6-16-31-26)33-30(39)35(28)24-14-10-22(11-15-24)32-20(3)36/h5-17,27-28H,1-4H3,(H,32,36)(H,33,39)/t27-,28+/m1/s1. The number of carbonyl (C=O) groups is 2. The Labute approximate surface area is 232 Å². The van der Waals surface area contributed by atoms with Crippen molar-refractivity contribution < 1.29 is 14.3 Å². The molecule has 2 aromatic carbocycles. The van der Waals surface area contributed by atoms with Crippen molar-refractivity contribution in [3.8, 4) is 5.69 Å². The minimum absolute atomic E-state index is 0.124. The van der Waals surface area contributed by atoms with Crippen LogP contribution in [0.25, 0.3) is 5.69 Å². The minimum atomic E-state index is -0.368. The maximum absolute atomic E-state index is 11.9. The number of benzene rings is 2. The molecule has 1 saturated heterocycles. The average Bonchev–Trinajstić information content (AvgIpc) is 3.43. The predicted octanol–water partition coefficient (Wildman–Crippen LogP) is 5.41. The molecule has 198 valence electrons. The number of ether oxygens (including phenoxy) is 1. The summed E-state index contributed by atoms with van der Waals surface area (Å²) in [7, 11) is 1.37. The van der Waals surface area contributed by atoms with Gasteiger partial charge in [-0.3, -0.25) is 9.78 Å². The molecule has 9 heteroatoms. The van der Waals surface area contributed by atoms with Crippen molar-refractivity contribution in [2.45, 2.75) is 32.9 Å². The second-order valence-electron chi connectivity index (χ2n) is 9.43. The van der Waals surface area contributed by atoms with Gasteiger partial charge in [0, 0.05) is 41.6 Å². The van der Waals surface area contributed by atoms with E-state index in [0.29, 0.717) is 10.7 Å². The van der Waals surface area contributed by atoms with E-state index in [1.807, 2.05) is 54.6 Å². The zero-order valence-corrected chi connectivity index (χ0v) is 23.0. The number of nitrogens with one attached hydrogen (secondary N) is 2. The number of nitrogens with zero attached hydrogens (tertiary/aromatic N) is 3. The monoisotopic (exact) mass is 539 g/mol. The number of aryl methyl sites for hydroxylation is 1. The first-order valence-electron chi connectivity index (χ1n) is 12.5. The summed E-state index contributed by atoms with van der Waals surface area (Å²) in [6, 6.07) is 22.7. The number of aromatic nitrogens is 2. The molecule has 0 bridgehead atoms. The van der Waals surface area contributed by atoms with Gasteiger partial charge in [-0.05, 0) is 98.4 Å². The third kappa shape index (κ3) is 5.00. The van der Waals surface area contributed by atoms with Gasteiger partial charge < -0.3 is 24.8 Å². The maximum Gasteiger partial charge on any atom is 0.337 e. The topological polar surface area (TPSA) is 88.5 Å². The molecule has 0 aliphatic carbocycles. The van der Waals surface area contributed by atoms with E-state index in [1.165, 1.54) is 14.0 Å². The summed E-state index contributed by atoms with van der Waals surface area (Å²) in [6.07, 6.45) is 1.79. The van der Waals surface area contributed by atoms with Crippen molar-refractivity contribution in [3.05, 3.63) is 107 Å². The Morgan fingerprint density at radius 1 is 1.00 bits per heavy atom. The van der Waals surface area contributed by atoms with Gasteiger partial charge >= 0.3 is 5.97 Å². The predicted molar refractivity (Wildman–Crippen MR) is 155 cm³/mol. The molecule has 39 heavy (non-hydrogen) atoms. The van der Waals surface area contributed by atoms with E-state index in [2.05, 4.69) is 45.0 Å². The first kappa shape index (κ1) is 26.1. The van der Waals surface area contributed by atoms with E-state index >= 15 is 0 Å². The normalized spacial score (nSPS) is 16.6. The van der Waals surface area contributed by atoms with Gasteiger partial charge in [-0.25, -0.2) is 4.79 Å². The van der Waals surface area contributed by atoms with Crippen molar-refractivity contribution in [2.24, 2.45) is 0 Å². The molecular weight excluding hydrogens is 510 g/mol. The van der Waals surface area contributed by atoms with Crippen LogP contribution in [0.5, 0.6) is 0 Å². The molecule has 0 spiro atoms. The molecule has 0 unspecified atom stereocenters. The molecular formula is C30H29N5O3S. The Bertz CT molecular complexity index is 1530. The highest BCUT2D eigenvalue weighted by Gasteiger charge is 2.42. The fraction of sp³-hybridized carbons (Fsp3) is 0.200. The molecule has 3 heterocycles. The summed E-state index contributed by atoms with van der Waals surface area (Å²) in [6.45, 7) is 5.64. The number of pyridine rings is 1. The summed E-state index contributed by atoms with van der Waals surface area (Å²) < 4.78 is 7.02. The number of hydrogen-bond acceptors (Lipinski definition) is 5. The molecule has 1 aliphatic rings. The lowest BCUT2D eigenvalue weighted by atomic mass is 9.96. The van der Waals surface area contributed by atoms with Crippen molar-refractivity contribution in [1.82, 2.24) is 14.9 Å². The number of anilines is 2. The van der Waals surface area contributed by atoms with E-state index in [9.17, 15) is 9.59 Å². The molecule has 4 aromatic rings. The van der Waals surface area contributed by atoms with Gasteiger partial charge in [0.1, 0.15) is 0 Å². The summed E-state index contributed by atoms with van der Waals surface area (Å²) in [5, 5.41) is 6.91. The highest BCUT2D eigenvalue weighted by atomic mass is 32.1. The summed E-state index contributed by atoms with van der Waals surface area (Å²) in [4.78, 5) is 30.2. The Balaban J connectivity index is 1.60. The van der Waals surface area contributed by atoms with Crippen LogP contribution in [0.2, 0.25) is 0 Å². The summed E-state index contributed by atoms with van der Waals surface area (Å²) >= 11 is 5.87. The smallest absolute Gasteiger partial charge is 0.337 e. The van der Waals surface area contributed by atoms with Crippen LogP contribution >= 0.6 is 12.2 Å². The quantitative estimate of drug-likeness (QED) is 0.250. The third-order valence-corrected chi connectivity index (χ3v) is 7.21. The van der Waals surface area contributed by atoms with E-state index in [4.69, 9.17) is 17.0 Å².